The molecule has 0 unspecified atom stereocenters. The van der Waals surface area contributed by atoms with Crippen LogP contribution in [-0.2, 0) is 11.2 Å². The fourth-order valence-electron chi connectivity index (χ4n) is 1.70. The number of hydrogen-bond acceptors (Lipinski definition) is 2. The van der Waals surface area contributed by atoms with Crippen LogP contribution >= 0.6 is 11.3 Å². The van der Waals surface area contributed by atoms with E-state index in [4.69, 9.17) is 0 Å². The van der Waals surface area contributed by atoms with Gasteiger partial charge in [-0.15, -0.1) is 11.3 Å². The molecule has 1 aromatic heterocycles. The van der Waals surface area contributed by atoms with Crippen molar-refractivity contribution in [3.8, 4) is 11.1 Å². The number of hydrogen-bond donors (Lipinski definition) is 0. The Balaban J connectivity index is 2.22. The first-order chi connectivity index (χ1) is 7.65. The van der Waals surface area contributed by atoms with Gasteiger partial charge in [0.2, 0.25) is 0 Å². The van der Waals surface area contributed by atoms with Crippen LogP contribution in [0.15, 0.2) is 35.7 Å². The van der Waals surface area contributed by atoms with Crippen LogP contribution < -0.4 is 0 Å². The smallest absolute Gasteiger partial charge is 0.134 e. The quantitative estimate of drug-likeness (QED) is 0.782. The minimum absolute atomic E-state index is 0.208. The van der Waals surface area contributed by atoms with Gasteiger partial charge in [0.1, 0.15) is 5.78 Å². The molecular formula is C14H14OS. The second-order valence-corrected chi connectivity index (χ2v) is 5.14. The molecule has 0 atom stereocenters. The molecule has 0 radical (unpaired) electrons. The number of carbonyl (C=O) groups is 1. The molecule has 0 spiro atoms. The second-order valence-electron chi connectivity index (χ2n) is 4.02. The molecule has 2 heteroatoms. The number of aryl methyl sites for hydroxylation is 1. The number of thiophene rings is 1. The summed E-state index contributed by atoms with van der Waals surface area (Å²) in [5.41, 5.74) is 3.57. The summed E-state index contributed by atoms with van der Waals surface area (Å²) in [5, 5.41) is 2.16. The molecule has 0 saturated heterocycles. The van der Waals surface area contributed by atoms with Gasteiger partial charge in [0, 0.05) is 11.3 Å². The lowest BCUT2D eigenvalue weighted by Gasteiger charge is -2.00. The van der Waals surface area contributed by atoms with Crippen molar-refractivity contribution in [2.45, 2.75) is 20.3 Å². The zero-order valence-electron chi connectivity index (χ0n) is 9.49. The van der Waals surface area contributed by atoms with E-state index < -0.39 is 0 Å². The van der Waals surface area contributed by atoms with Crippen LogP contribution in [0.4, 0.5) is 0 Å². The molecule has 0 bridgehead atoms. The van der Waals surface area contributed by atoms with E-state index in [1.54, 1.807) is 18.3 Å². The molecule has 82 valence electrons. The third-order valence-electron chi connectivity index (χ3n) is 2.47. The lowest BCUT2D eigenvalue weighted by molar-refractivity contribution is -0.116. The highest BCUT2D eigenvalue weighted by Gasteiger charge is 2.01. The van der Waals surface area contributed by atoms with Gasteiger partial charge in [0.15, 0.2) is 0 Å². The first kappa shape index (κ1) is 11.1. The summed E-state index contributed by atoms with van der Waals surface area (Å²) >= 11 is 1.76. The monoisotopic (exact) mass is 230 g/mol. The van der Waals surface area contributed by atoms with Crippen LogP contribution in [0.1, 0.15) is 17.4 Å². The maximum Gasteiger partial charge on any atom is 0.134 e. The van der Waals surface area contributed by atoms with Crippen LogP contribution in [0.5, 0.6) is 0 Å². The number of Topliss-reactive ketones (excluding diaryl/α,β-unsaturated/α-hetero) is 1. The highest BCUT2D eigenvalue weighted by atomic mass is 32.1. The van der Waals surface area contributed by atoms with Crippen LogP contribution in [0.25, 0.3) is 11.1 Å². The van der Waals surface area contributed by atoms with E-state index in [1.807, 2.05) is 12.1 Å². The van der Waals surface area contributed by atoms with Crippen molar-refractivity contribution in [1.82, 2.24) is 0 Å². The van der Waals surface area contributed by atoms with Crippen molar-refractivity contribution in [2.24, 2.45) is 0 Å². The normalized spacial score (nSPS) is 10.4. The average Bonchev–Trinajstić information content (AvgIpc) is 2.65. The van der Waals surface area contributed by atoms with E-state index >= 15 is 0 Å². The molecule has 0 aliphatic heterocycles. The average molecular weight is 230 g/mol. The van der Waals surface area contributed by atoms with Crippen molar-refractivity contribution in [1.29, 1.82) is 0 Å². The van der Waals surface area contributed by atoms with Gasteiger partial charge in [0.25, 0.3) is 0 Å². The van der Waals surface area contributed by atoms with Crippen molar-refractivity contribution >= 4 is 17.1 Å². The maximum absolute atomic E-state index is 11.0. The van der Waals surface area contributed by atoms with Crippen molar-refractivity contribution < 1.29 is 4.79 Å². The van der Waals surface area contributed by atoms with E-state index in [1.165, 1.54) is 16.0 Å². The summed E-state index contributed by atoms with van der Waals surface area (Å²) < 4.78 is 0. The Labute approximate surface area is 99.8 Å². The minimum atomic E-state index is 0.208. The van der Waals surface area contributed by atoms with Crippen LogP contribution in [0, 0.1) is 6.92 Å². The third-order valence-corrected chi connectivity index (χ3v) is 3.33. The van der Waals surface area contributed by atoms with Crippen molar-refractivity contribution in [3.05, 3.63) is 46.2 Å². The third kappa shape index (κ3) is 2.58. The lowest BCUT2D eigenvalue weighted by atomic mass is 10.0. The molecule has 0 amide bonds. The molecule has 0 saturated carbocycles. The highest BCUT2D eigenvalue weighted by molar-refractivity contribution is 7.10. The van der Waals surface area contributed by atoms with Gasteiger partial charge in [0.05, 0.1) is 0 Å². The molecular weight excluding hydrogens is 216 g/mol. The molecule has 1 heterocycles. The Morgan fingerprint density at radius 3 is 2.38 bits per heavy atom. The summed E-state index contributed by atoms with van der Waals surface area (Å²) in [6.45, 7) is 3.73. The minimum Gasteiger partial charge on any atom is -0.300 e. The Morgan fingerprint density at radius 2 is 1.88 bits per heavy atom. The van der Waals surface area contributed by atoms with Gasteiger partial charge in [-0.3, -0.25) is 4.79 Å². The Kier molecular flexibility index (Phi) is 3.20. The van der Waals surface area contributed by atoms with E-state index in [0.29, 0.717) is 6.42 Å². The topological polar surface area (TPSA) is 17.1 Å². The molecule has 0 fully saturated rings. The number of ketones is 1. The largest absolute Gasteiger partial charge is 0.300 e. The summed E-state index contributed by atoms with van der Waals surface area (Å²) in [6.07, 6.45) is 0.531. The molecule has 1 aromatic carbocycles. The highest BCUT2D eigenvalue weighted by Crippen LogP contribution is 2.25. The van der Waals surface area contributed by atoms with Crippen molar-refractivity contribution in [2.75, 3.05) is 0 Å². The van der Waals surface area contributed by atoms with Crippen molar-refractivity contribution in [3.63, 3.8) is 0 Å². The summed E-state index contributed by atoms with van der Waals surface area (Å²) in [7, 11) is 0. The van der Waals surface area contributed by atoms with Gasteiger partial charge in [-0.05, 0) is 42.0 Å². The van der Waals surface area contributed by atoms with Crippen LogP contribution in [0.3, 0.4) is 0 Å². The van der Waals surface area contributed by atoms with Gasteiger partial charge in [-0.1, -0.05) is 24.3 Å². The molecule has 0 aliphatic rings. The van der Waals surface area contributed by atoms with Gasteiger partial charge < -0.3 is 0 Å². The van der Waals surface area contributed by atoms with Crippen LogP contribution in [-0.4, -0.2) is 5.78 Å². The summed E-state index contributed by atoms with van der Waals surface area (Å²) in [6, 6.07) is 10.4. The molecule has 1 nitrogen and oxygen atoms in total. The molecule has 0 N–H and O–H groups in total. The van der Waals surface area contributed by atoms with Gasteiger partial charge >= 0.3 is 0 Å². The zero-order valence-corrected chi connectivity index (χ0v) is 10.3. The van der Waals surface area contributed by atoms with E-state index in [2.05, 4.69) is 30.5 Å². The molecule has 2 aromatic rings. The Hall–Kier alpha value is -1.41. The first-order valence-electron chi connectivity index (χ1n) is 5.29. The van der Waals surface area contributed by atoms with Crippen LogP contribution in [0.2, 0.25) is 0 Å². The van der Waals surface area contributed by atoms with Gasteiger partial charge in [-0.2, -0.15) is 0 Å². The Bertz CT molecular complexity index is 494. The fourth-order valence-corrected chi connectivity index (χ4v) is 2.41. The SMILES string of the molecule is CC(=O)Cc1ccc(-c2csc(C)c2)cc1. The predicted molar refractivity (Wildman–Crippen MR) is 68.9 cm³/mol. The number of benzene rings is 1. The van der Waals surface area contributed by atoms with E-state index in [-0.39, 0.29) is 5.78 Å². The first-order valence-corrected chi connectivity index (χ1v) is 6.17. The second kappa shape index (κ2) is 4.62. The Morgan fingerprint density at radius 1 is 1.19 bits per heavy atom. The molecule has 2 rings (SSSR count). The maximum atomic E-state index is 11.0. The predicted octanol–water partition coefficient (Wildman–Crippen LogP) is 3.86. The fraction of sp³-hybridized carbons (Fsp3) is 0.214. The zero-order chi connectivity index (χ0) is 11.5. The standard InChI is InChI=1S/C14H14OS/c1-10(15)7-12-3-5-13(6-4-12)14-8-11(2)16-9-14/h3-6,8-9H,7H2,1-2H3. The number of carbonyl (C=O) groups excluding carboxylic acids is 1. The van der Waals surface area contributed by atoms with E-state index in [9.17, 15) is 4.79 Å². The summed E-state index contributed by atoms with van der Waals surface area (Å²) in [4.78, 5) is 12.3. The van der Waals surface area contributed by atoms with Gasteiger partial charge in [-0.25, -0.2) is 0 Å². The molecule has 16 heavy (non-hydrogen) atoms. The lowest BCUT2D eigenvalue weighted by Crippen LogP contribution is -1.95. The van der Waals surface area contributed by atoms with E-state index in [0.717, 1.165) is 5.56 Å². The number of rotatable bonds is 3. The molecule has 0 aliphatic carbocycles. The summed E-state index contributed by atoms with van der Waals surface area (Å²) in [5.74, 6) is 0.208.